The number of carbonyl (C=O) groups is 1. The second kappa shape index (κ2) is 4.30. The molecule has 0 saturated carbocycles. The van der Waals surface area contributed by atoms with Gasteiger partial charge in [-0.1, -0.05) is 0 Å². The molecule has 92 valence electrons. The average molecular weight is 280 g/mol. The van der Waals surface area contributed by atoms with Gasteiger partial charge in [-0.05, 0) is 13.0 Å². The molecule has 1 aromatic rings. The molecule has 0 aliphatic heterocycles. The first-order valence-electron chi connectivity index (χ1n) is 4.11. The number of nitro groups is 1. The Kier molecular flexibility index (Phi) is 3.39. The molecule has 1 rings (SSSR count). The lowest BCUT2D eigenvalue weighted by Crippen LogP contribution is -2.06. The van der Waals surface area contributed by atoms with Crippen LogP contribution >= 0.6 is 10.7 Å². The Morgan fingerprint density at radius 2 is 2.00 bits per heavy atom. The number of carboxylic acids is 1. The highest BCUT2D eigenvalue weighted by molar-refractivity contribution is 8.13. The maximum atomic E-state index is 11.0. The number of nitrogens with zero attached hydrogens (tertiary/aromatic N) is 1. The predicted octanol–water partition coefficient (Wildman–Crippen LogP) is 1.53. The van der Waals surface area contributed by atoms with Crippen LogP contribution in [0.5, 0.6) is 0 Å². The van der Waals surface area contributed by atoms with Gasteiger partial charge in [0, 0.05) is 22.3 Å². The van der Waals surface area contributed by atoms with Crippen LogP contribution in [0.3, 0.4) is 0 Å². The summed E-state index contributed by atoms with van der Waals surface area (Å²) < 4.78 is 22.1. The zero-order valence-electron chi connectivity index (χ0n) is 8.38. The maximum Gasteiger partial charge on any atom is 0.336 e. The van der Waals surface area contributed by atoms with E-state index in [1.807, 2.05) is 0 Å². The lowest BCUT2D eigenvalue weighted by molar-refractivity contribution is -0.385. The number of rotatable bonds is 3. The van der Waals surface area contributed by atoms with Crippen molar-refractivity contribution >= 4 is 31.4 Å². The number of benzene rings is 1. The van der Waals surface area contributed by atoms with Crippen molar-refractivity contribution < 1.29 is 23.2 Å². The predicted molar refractivity (Wildman–Crippen MR) is 57.8 cm³/mol. The third-order valence-corrected chi connectivity index (χ3v) is 3.40. The molecule has 0 fully saturated rings. The highest BCUT2D eigenvalue weighted by atomic mass is 35.7. The normalized spacial score (nSPS) is 11.2. The number of carboxylic acid groups (broad SMARTS) is 1. The van der Waals surface area contributed by atoms with Gasteiger partial charge in [0.1, 0.15) is 0 Å². The summed E-state index contributed by atoms with van der Waals surface area (Å²) >= 11 is 0. The van der Waals surface area contributed by atoms with Gasteiger partial charge in [-0.2, -0.15) is 0 Å². The molecule has 0 heterocycles. The van der Waals surface area contributed by atoms with Crippen LogP contribution in [0.15, 0.2) is 17.0 Å². The summed E-state index contributed by atoms with van der Waals surface area (Å²) in [5.74, 6) is -1.47. The van der Waals surface area contributed by atoms with Crippen molar-refractivity contribution in [2.45, 2.75) is 11.8 Å². The molecule has 0 aliphatic carbocycles. The zero-order valence-corrected chi connectivity index (χ0v) is 9.95. The summed E-state index contributed by atoms with van der Waals surface area (Å²) in [5, 5.41) is 19.5. The molecular weight excluding hydrogens is 274 g/mol. The molecule has 0 saturated heterocycles. The molecule has 0 aromatic heterocycles. The van der Waals surface area contributed by atoms with Gasteiger partial charge in [0.05, 0.1) is 15.4 Å². The molecule has 0 radical (unpaired) electrons. The molecular formula is C8H6ClNO6S. The van der Waals surface area contributed by atoms with Gasteiger partial charge >= 0.3 is 5.97 Å². The number of hydrogen-bond acceptors (Lipinski definition) is 5. The lowest BCUT2D eigenvalue weighted by atomic mass is 10.1. The number of hydrogen-bond donors (Lipinski definition) is 1. The summed E-state index contributed by atoms with van der Waals surface area (Å²) in [6.07, 6.45) is 0. The highest BCUT2D eigenvalue weighted by Crippen LogP contribution is 2.28. The Morgan fingerprint density at radius 3 is 2.35 bits per heavy atom. The van der Waals surface area contributed by atoms with Crippen molar-refractivity contribution in [1.29, 1.82) is 0 Å². The standard InChI is InChI=1S/C8H6ClNO6S/c1-4-6(8(11)12)2-5(17(9,15)16)3-7(4)10(13)14/h2-3H,1H3,(H,11,12). The highest BCUT2D eigenvalue weighted by Gasteiger charge is 2.24. The number of halogens is 1. The van der Waals surface area contributed by atoms with Crippen LogP contribution < -0.4 is 0 Å². The van der Waals surface area contributed by atoms with Gasteiger partial charge in [-0.25, -0.2) is 13.2 Å². The first-order chi connectivity index (χ1) is 7.64. The Labute approximate surface area is 100 Å². The second-order valence-corrected chi connectivity index (χ2v) is 5.68. The molecule has 9 heteroatoms. The minimum Gasteiger partial charge on any atom is -0.478 e. The SMILES string of the molecule is Cc1c(C(=O)O)cc(S(=O)(=O)Cl)cc1[N+](=O)[O-]. The van der Waals surface area contributed by atoms with Crippen molar-refractivity contribution in [1.82, 2.24) is 0 Å². The van der Waals surface area contributed by atoms with Crippen molar-refractivity contribution in [3.05, 3.63) is 33.4 Å². The topological polar surface area (TPSA) is 115 Å². The summed E-state index contributed by atoms with van der Waals surface area (Å²) in [5.41, 5.74) is -1.21. The first-order valence-corrected chi connectivity index (χ1v) is 6.42. The van der Waals surface area contributed by atoms with Crippen molar-refractivity contribution in [2.75, 3.05) is 0 Å². The zero-order chi connectivity index (χ0) is 13.4. The van der Waals surface area contributed by atoms with Crippen molar-refractivity contribution in [2.24, 2.45) is 0 Å². The van der Waals surface area contributed by atoms with Crippen LogP contribution in [-0.2, 0) is 9.05 Å². The van der Waals surface area contributed by atoms with E-state index in [2.05, 4.69) is 0 Å². The van der Waals surface area contributed by atoms with E-state index in [0.29, 0.717) is 0 Å². The van der Waals surface area contributed by atoms with E-state index >= 15 is 0 Å². The molecule has 1 aromatic carbocycles. The molecule has 0 atom stereocenters. The van der Waals surface area contributed by atoms with Crippen molar-refractivity contribution in [3.8, 4) is 0 Å². The first kappa shape index (κ1) is 13.4. The summed E-state index contributed by atoms with van der Waals surface area (Å²) in [6.45, 7) is 1.21. The molecule has 0 spiro atoms. The minimum atomic E-state index is -4.23. The fourth-order valence-corrected chi connectivity index (χ4v) is 2.00. The van der Waals surface area contributed by atoms with E-state index in [0.717, 1.165) is 12.1 Å². The summed E-state index contributed by atoms with van der Waals surface area (Å²) in [7, 11) is 0.794. The maximum absolute atomic E-state index is 11.0. The monoisotopic (exact) mass is 279 g/mol. The van der Waals surface area contributed by atoms with Gasteiger partial charge in [0.25, 0.3) is 14.7 Å². The molecule has 17 heavy (non-hydrogen) atoms. The lowest BCUT2D eigenvalue weighted by Gasteiger charge is -2.04. The van der Waals surface area contributed by atoms with E-state index in [1.54, 1.807) is 0 Å². The van der Waals surface area contributed by atoms with Gasteiger partial charge in [0.15, 0.2) is 0 Å². The Bertz CT molecular complexity index is 573. The van der Waals surface area contributed by atoms with Gasteiger partial charge in [0.2, 0.25) is 0 Å². The summed E-state index contributed by atoms with van der Waals surface area (Å²) in [6, 6.07) is 1.51. The van der Waals surface area contributed by atoms with E-state index in [4.69, 9.17) is 15.8 Å². The Balaban J connectivity index is 3.71. The Morgan fingerprint density at radius 1 is 1.47 bits per heavy atom. The van der Waals surface area contributed by atoms with E-state index < -0.39 is 36.1 Å². The number of nitro benzene ring substituents is 1. The van der Waals surface area contributed by atoms with Crippen molar-refractivity contribution in [3.63, 3.8) is 0 Å². The average Bonchev–Trinajstić information content (AvgIpc) is 2.14. The van der Waals surface area contributed by atoms with E-state index in [-0.39, 0.29) is 5.56 Å². The van der Waals surface area contributed by atoms with Crippen LogP contribution in [0, 0.1) is 17.0 Å². The van der Waals surface area contributed by atoms with Crippen LogP contribution in [-0.4, -0.2) is 24.4 Å². The van der Waals surface area contributed by atoms with Crippen LogP contribution in [0.2, 0.25) is 0 Å². The quantitative estimate of drug-likeness (QED) is 0.510. The van der Waals surface area contributed by atoms with E-state index in [9.17, 15) is 23.3 Å². The van der Waals surface area contributed by atoms with Crippen LogP contribution in [0.25, 0.3) is 0 Å². The van der Waals surface area contributed by atoms with Gasteiger partial charge in [-0.3, -0.25) is 10.1 Å². The van der Waals surface area contributed by atoms with Gasteiger partial charge in [-0.15, -0.1) is 0 Å². The van der Waals surface area contributed by atoms with Crippen LogP contribution in [0.1, 0.15) is 15.9 Å². The molecule has 1 N–H and O–H groups in total. The molecule has 7 nitrogen and oxygen atoms in total. The Hall–Kier alpha value is -1.67. The van der Waals surface area contributed by atoms with E-state index in [1.165, 1.54) is 6.92 Å². The molecule has 0 amide bonds. The second-order valence-electron chi connectivity index (χ2n) is 3.12. The molecule has 0 unspecified atom stereocenters. The molecule has 0 bridgehead atoms. The van der Waals surface area contributed by atoms with Crippen LogP contribution in [0.4, 0.5) is 5.69 Å². The summed E-state index contributed by atoms with van der Waals surface area (Å²) in [4.78, 5) is 20.0. The van der Waals surface area contributed by atoms with Gasteiger partial charge < -0.3 is 5.11 Å². The third-order valence-electron chi connectivity index (χ3n) is 2.06. The fourth-order valence-electron chi connectivity index (χ4n) is 1.23. The fraction of sp³-hybridized carbons (Fsp3) is 0.125. The minimum absolute atomic E-state index is 0.133. The largest absolute Gasteiger partial charge is 0.478 e. The number of aromatic carboxylic acids is 1. The molecule has 0 aliphatic rings. The smallest absolute Gasteiger partial charge is 0.336 e. The third kappa shape index (κ3) is 2.71.